The number of hydrogen-bond acceptors (Lipinski definition) is 8. The van der Waals surface area contributed by atoms with Gasteiger partial charge in [-0.25, -0.2) is 0 Å². The van der Waals surface area contributed by atoms with Crippen LogP contribution in [0.4, 0.5) is 22.7 Å². The van der Waals surface area contributed by atoms with E-state index < -0.39 is 0 Å². The molecule has 0 aliphatic carbocycles. The van der Waals surface area contributed by atoms with Gasteiger partial charge in [-0.05, 0) is 149 Å². The van der Waals surface area contributed by atoms with Gasteiger partial charge in [0.15, 0.2) is 0 Å². The van der Waals surface area contributed by atoms with Gasteiger partial charge in [0.05, 0.1) is 0 Å². The van der Waals surface area contributed by atoms with E-state index in [4.69, 9.17) is 9.47 Å². The van der Waals surface area contributed by atoms with Crippen LogP contribution < -0.4 is 19.3 Å². The predicted molar refractivity (Wildman–Crippen MR) is 277 cm³/mol. The molecule has 0 N–H and O–H groups in total. The minimum absolute atomic E-state index is 0.0294. The van der Waals surface area contributed by atoms with Crippen molar-refractivity contribution in [2.45, 2.75) is 40.0 Å². The smallest absolute Gasteiger partial charge is 0.137 e. The maximum atomic E-state index is 10.2. The van der Waals surface area contributed by atoms with Gasteiger partial charge in [-0.3, -0.25) is 0 Å². The van der Waals surface area contributed by atoms with Gasteiger partial charge in [0.1, 0.15) is 58.4 Å². The largest absolute Gasteiger partial charge is 0.457 e. The number of nitriles is 4. The second-order valence-corrected chi connectivity index (χ2v) is 19.5. The number of benzene rings is 6. The van der Waals surface area contributed by atoms with Crippen molar-refractivity contribution in [2.75, 3.05) is 22.9 Å². The predicted octanol–water partition coefficient (Wildman–Crippen LogP) is 13.9. The number of nitrogens with zero attached hydrogens (tertiary/aromatic N) is 6. The van der Waals surface area contributed by atoms with Crippen molar-refractivity contribution in [1.29, 1.82) is 21.0 Å². The molecule has 0 fully saturated rings. The third-order valence-corrected chi connectivity index (χ3v) is 13.3. The van der Waals surface area contributed by atoms with Gasteiger partial charge < -0.3 is 19.3 Å². The fourth-order valence-electron chi connectivity index (χ4n) is 10.5. The van der Waals surface area contributed by atoms with Crippen LogP contribution in [-0.4, -0.2) is 13.1 Å². The average molecular weight is 909 g/mol. The first-order valence-corrected chi connectivity index (χ1v) is 23.4. The van der Waals surface area contributed by atoms with Crippen molar-refractivity contribution in [1.82, 2.24) is 0 Å². The van der Waals surface area contributed by atoms with Crippen LogP contribution in [-0.2, 0) is 19.3 Å². The first kappa shape index (κ1) is 44.7. The van der Waals surface area contributed by atoms with Crippen LogP contribution in [0.25, 0.3) is 23.3 Å². The van der Waals surface area contributed by atoms with E-state index in [0.717, 1.165) is 77.2 Å². The molecular weight excluding hydrogens is 861 g/mol. The molecule has 6 aromatic rings. The van der Waals surface area contributed by atoms with Crippen LogP contribution in [0.3, 0.4) is 0 Å². The molecular formula is C62H48N6O2. The lowest BCUT2D eigenvalue weighted by atomic mass is 9.70. The molecule has 0 bridgehead atoms. The van der Waals surface area contributed by atoms with Crippen LogP contribution in [0.1, 0.15) is 59.7 Å². The van der Waals surface area contributed by atoms with Crippen LogP contribution in [0.5, 0.6) is 11.5 Å². The lowest BCUT2D eigenvalue weighted by Gasteiger charge is -2.50. The zero-order chi connectivity index (χ0) is 48.4. The van der Waals surface area contributed by atoms with Crippen molar-refractivity contribution in [3.8, 4) is 35.8 Å². The number of ether oxygens (including phenoxy) is 2. The highest BCUT2D eigenvalue weighted by molar-refractivity contribution is 5.88. The normalized spacial score (nSPS) is 17.2. The summed E-state index contributed by atoms with van der Waals surface area (Å²) in [5, 5.41) is 39.9. The Hall–Kier alpha value is -9.08. The molecule has 0 aromatic heterocycles. The quantitative estimate of drug-likeness (QED) is 0.132. The minimum Gasteiger partial charge on any atom is -0.457 e. The summed E-state index contributed by atoms with van der Waals surface area (Å²) >= 11 is 0. The first-order valence-electron chi connectivity index (χ1n) is 23.4. The molecule has 0 saturated carbocycles. The number of fused-ring (bicyclic) bond motifs is 2. The summed E-state index contributed by atoms with van der Waals surface area (Å²) in [4.78, 5) is 4.79. The molecule has 4 aliphatic rings. The minimum atomic E-state index is -0.150. The van der Waals surface area contributed by atoms with Gasteiger partial charge in [-0.1, -0.05) is 106 Å². The van der Waals surface area contributed by atoms with Gasteiger partial charge in [0, 0.05) is 58.1 Å². The zero-order valence-corrected chi connectivity index (χ0v) is 39.3. The number of rotatable bonds is 9. The van der Waals surface area contributed by atoms with Crippen LogP contribution >= 0.6 is 0 Å². The van der Waals surface area contributed by atoms with E-state index >= 15 is 0 Å². The summed E-state index contributed by atoms with van der Waals surface area (Å²) in [7, 11) is 0. The van der Waals surface area contributed by atoms with E-state index in [1.165, 1.54) is 16.8 Å². The Balaban J connectivity index is 0.907. The molecule has 8 heteroatoms. The van der Waals surface area contributed by atoms with Crippen molar-refractivity contribution in [3.63, 3.8) is 0 Å². The van der Waals surface area contributed by atoms with E-state index in [9.17, 15) is 21.0 Å². The van der Waals surface area contributed by atoms with E-state index in [-0.39, 0.29) is 22.0 Å². The number of hydrogen-bond donors (Lipinski definition) is 0. The van der Waals surface area contributed by atoms with Crippen LogP contribution in [0.2, 0.25) is 0 Å². The molecule has 4 aliphatic heterocycles. The summed E-state index contributed by atoms with van der Waals surface area (Å²) < 4.78 is 12.7. The maximum absolute atomic E-state index is 10.2. The monoisotopic (exact) mass is 908 g/mol. The lowest BCUT2D eigenvalue weighted by molar-refractivity contribution is 0.268. The van der Waals surface area contributed by atoms with E-state index in [0.29, 0.717) is 34.2 Å². The van der Waals surface area contributed by atoms with Crippen molar-refractivity contribution in [3.05, 3.63) is 225 Å². The molecule has 8 nitrogen and oxygen atoms in total. The molecule has 0 amide bonds. The fourth-order valence-corrected chi connectivity index (χ4v) is 10.5. The van der Waals surface area contributed by atoms with Crippen molar-refractivity contribution >= 4 is 46.0 Å². The lowest BCUT2D eigenvalue weighted by Crippen LogP contribution is -2.50. The molecule has 70 heavy (non-hydrogen) atoms. The highest BCUT2D eigenvalue weighted by Gasteiger charge is 2.41. The second-order valence-electron chi connectivity index (χ2n) is 19.5. The Morgan fingerprint density at radius 1 is 0.557 bits per heavy atom. The highest BCUT2D eigenvalue weighted by atomic mass is 16.5. The summed E-state index contributed by atoms with van der Waals surface area (Å²) in [6.07, 6.45) is 14.0. The fraction of sp³-hybridized carbons (Fsp3) is 0.161. The van der Waals surface area contributed by atoms with Gasteiger partial charge in [-0.15, -0.1) is 0 Å². The molecule has 0 radical (unpaired) electrons. The average Bonchev–Trinajstić information content (AvgIpc) is 3.36. The highest BCUT2D eigenvalue weighted by Crippen LogP contribution is 2.48. The summed E-state index contributed by atoms with van der Waals surface area (Å²) in [6.45, 7) is 8.84. The second kappa shape index (κ2) is 18.5. The molecule has 0 saturated heterocycles. The third-order valence-electron chi connectivity index (χ3n) is 13.3. The Morgan fingerprint density at radius 3 is 1.70 bits per heavy atom. The summed E-state index contributed by atoms with van der Waals surface area (Å²) in [5.41, 5.74) is 12.7. The Kier molecular flexibility index (Phi) is 11.9. The topological polar surface area (TPSA) is 120 Å². The standard InChI is InChI=1S/C62H48N6O2/c1-61(2)34-45-28-43(21-26-53-31-55(47(36-63)37-64)54-16-10-11-17-58(54)69-53)29-46-35-62(3,41-67(40-61)60(45)46)33-44-22-27-59-57(30-44)56(48(38-65)39-66)32-52(70-59)25-20-42-18-23-51(24-19-42)68(49-12-6-4-7-13-49)50-14-8-5-9-15-50/h4-32H,33-35,40-41H2,1-3H3/b25-20+,26-21+. The van der Waals surface area contributed by atoms with E-state index in [1.807, 2.05) is 97.1 Å². The molecule has 1 unspecified atom stereocenters. The number of allylic oxidation sites excluding steroid dienone is 8. The first-order chi connectivity index (χ1) is 34.0. The van der Waals surface area contributed by atoms with Gasteiger partial charge in [0.25, 0.3) is 0 Å². The SMILES string of the molecule is CC1(C)Cc2cc(/C=C/C3=CC(=C(C#N)C#N)c4ccccc4O3)cc3c2N(C1)CC(C)(Cc1ccc2c(c1)C(=C(C#N)C#N)C=C(/C=C/c1ccc(N(c4ccccc4)c4ccccc4)cc1)O2)C3. The van der Waals surface area contributed by atoms with Gasteiger partial charge in [-0.2, -0.15) is 21.0 Å². The Morgan fingerprint density at radius 2 is 1.09 bits per heavy atom. The summed E-state index contributed by atoms with van der Waals surface area (Å²) in [6, 6.07) is 55.5. The van der Waals surface area contributed by atoms with Gasteiger partial charge >= 0.3 is 0 Å². The zero-order valence-electron chi connectivity index (χ0n) is 39.3. The molecule has 6 aromatic carbocycles. The third kappa shape index (κ3) is 9.03. The Bertz CT molecular complexity index is 3370. The van der Waals surface area contributed by atoms with E-state index in [1.54, 1.807) is 12.2 Å². The van der Waals surface area contributed by atoms with Gasteiger partial charge in [0.2, 0.25) is 0 Å². The summed E-state index contributed by atoms with van der Waals surface area (Å²) in [5.74, 6) is 2.28. The number of anilines is 4. The van der Waals surface area contributed by atoms with Crippen molar-refractivity contribution < 1.29 is 9.47 Å². The van der Waals surface area contributed by atoms with Crippen LogP contribution in [0.15, 0.2) is 186 Å². The molecule has 4 heterocycles. The van der Waals surface area contributed by atoms with Crippen LogP contribution in [0, 0.1) is 56.2 Å². The number of para-hydroxylation sites is 3. The molecule has 338 valence electrons. The van der Waals surface area contributed by atoms with E-state index in [2.05, 4.69) is 122 Å². The molecule has 1 atom stereocenters. The molecule has 0 spiro atoms. The Labute approximate surface area is 409 Å². The maximum Gasteiger partial charge on any atom is 0.137 e. The van der Waals surface area contributed by atoms with Crippen molar-refractivity contribution in [2.24, 2.45) is 10.8 Å². The molecule has 10 rings (SSSR count).